The molecule has 2 aromatic rings. The number of amides is 1. The summed E-state index contributed by atoms with van der Waals surface area (Å²) in [6.45, 7) is -1.12. The quantitative estimate of drug-likeness (QED) is 0.941. The minimum Gasteiger partial charge on any atom is -0.440 e. The number of carbonyl (C=O) groups is 1. The van der Waals surface area contributed by atoms with Crippen LogP contribution in [0.1, 0.15) is 5.56 Å². The molecule has 0 bridgehead atoms. The fraction of sp³-hybridized carbons (Fsp3) is 0.250. The van der Waals surface area contributed by atoms with Gasteiger partial charge in [-0.05, 0) is 17.7 Å². The molecule has 0 fully saturated rings. The Labute approximate surface area is 117 Å². The zero-order valence-corrected chi connectivity index (χ0v) is 10.7. The summed E-state index contributed by atoms with van der Waals surface area (Å²) in [6.07, 6.45) is -2.73. The summed E-state index contributed by atoms with van der Waals surface area (Å²) in [7, 11) is 0. The molecular formula is C12H11F3N4O2. The lowest BCUT2D eigenvalue weighted by molar-refractivity contribution is -0.159. The molecule has 6 nitrogen and oxygen atoms in total. The number of alkyl halides is 3. The molecule has 0 atom stereocenters. The number of carbonyl (C=O) groups excluding carboxylic acids is 1. The van der Waals surface area contributed by atoms with E-state index >= 15 is 0 Å². The van der Waals surface area contributed by atoms with Crippen molar-refractivity contribution in [3.8, 4) is 0 Å². The number of hydrogen-bond acceptors (Lipinski definition) is 4. The summed E-state index contributed by atoms with van der Waals surface area (Å²) in [4.78, 5) is 14.9. The SMILES string of the molecule is O=C(Nc1ccc(Cn2cncn2)cc1)OCC(F)(F)F. The predicted molar refractivity (Wildman–Crippen MR) is 66.6 cm³/mol. The van der Waals surface area contributed by atoms with Gasteiger partial charge >= 0.3 is 12.3 Å². The number of ether oxygens (including phenoxy) is 1. The van der Waals surface area contributed by atoms with Crippen molar-refractivity contribution in [1.82, 2.24) is 14.8 Å². The molecule has 0 aliphatic rings. The van der Waals surface area contributed by atoms with E-state index in [1.807, 2.05) is 0 Å². The van der Waals surface area contributed by atoms with Gasteiger partial charge in [0.2, 0.25) is 0 Å². The van der Waals surface area contributed by atoms with E-state index < -0.39 is 18.9 Å². The van der Waals surface area contributed by atoms with Crippen molar-refractivity contribution in [1.29, 1.82) is 0 Å². The molecule has 1 amide bonds. The zero-order valence-electron chi connectivity index (χ0n) is 10.7. The predicted octanol–water partition coefficient (Wildman–Crippen LogP) is 2.44. The van der Waals surface area contributed by atoms with E-state index in [2.05, 4.69) is 20.1 Å². The van der Waals surface area contributed by atoms with Crippen molar-refractivity contribution in [3.63, 3.8) is 0 Å². The van der Waals surface area contributed by atoms with E-state index in [-0.39, 0.29) is 0 Å². The molecule has 0 saturated carbocycles. The Morgan fingerprint density at radius 1 is 1.29 bits per heavy atom. The number of halogens is 3. The maximum atomic E-state index is 11.9. The van der Waals surface area contributed by atoms with Crippen molar-refractivity contribution >= 4 is 11.8 Å². The minimum atomic E-state index is -4.54. The van der Waals surface area contributed by atoms with Crippen LogP contribution >= 0.6 is 0 Å². The third kappa shape index (κ3) is 5.13. The maximum absolute atomic E-state index is 11.9. The molecule has 21 heavy (non-hydrogen) atoms. The Bertz CT molecular complexity index is 582. The number of hydrogen-bond donors (Lipinski definition) is 1. The summed E-state index contributed by atoms with van der Waals surface area (Å²) in [6, 6.07) is 6.53. The number of benzene rings is 1. The first-order chi connectivity index (χ1) is 9.92. The van der Waals surface area contributed by atoms with E-state index in [1.165, 1.54) is 6.33 Å². The van der Waals surface area contributed by atoms with Crippen molar-refractivity contribution in [3.05, 3.63) is 42.5 Å². The van der Waals surface area contributed by atoms with Crippen LogP contribution in [-0.2, 0) is 11.3 Å². The van der Waals surface area contributed by atoms with Gasteiger partial charge in [-0.25, -0.2) is 14.5 Å². The first-order valence-electron chi connectivity index (χ1n) is 5.84. The van der Waals surface area contributed by atoms with Crippen LogP contribution in [0.2, 0.25) is 0 Å². The highest BCUT2D eigenvalue weighted by Gasteiger charge is 2.29. The lowest BCUT2D eigenvalue weighted by Gasteiger charge is -2.09. The minimum absolute atomic E-state index is 0.338. The van der Waals surface area contributed by atoms with E-state index in [9.17, 15) is 18.0 Å². The molecule has 0 aliphatic carbocycles. The van der Waals surface area contributed by atoms with Gasteiger partial charge in [-0.1, -0.05) is 12.1 Å². The Hall–Kier alpha value is -2.58. The van der Waals surface area contributed by atoms with Gasteiger partial charge in [-0.3, -0.25) is 5.32 Å². The van der Waals surface area contributed by atoms with Crippen molar-refractivity contribution in [2.24, 2.45) is 0 Å². The number of anilines is 1. The second-order valence-corrected chi connectivity index (χ2v) is 4.11. The van der Waals surface area contributed by atoms with Crippen molar-refractivity contribution in [2.45, 2.75) is 12.7 Å². The second-order valence-electron chi connectivity index (χ2n) is 4.11. The average Bonchev–Trinajstić information content (AvgIpc) is 2.91. The van der Waals surface area contributed by atoms with Gasteiger partial charge in [0.05, 0.1) is 6.54 Å². The molecule has 1 heterocycles. The molecule has 2 rings (SSSR count). The Kier molecular flexibility index (Phi) is 4.41. The highest BCUT2D eigenvalue weighted by molar-refractivity contribution is 5.84. The maximum Gasteiger partial charge on any atom is 0.422 e. The fourth-order valence-electron chi connectivity index (χ4n) is 1.50. The van der Waals surface area contributed by atoms with Crippen LogP contribution in [-0.4, -0.2) is 33.6 Å². The third-order valence-electron chi connectivity index (χ3n) is 2.38. The summed E-state index contributed by atoms with van der Waals surface area (Å²) < 4.78 is 41.2. The molecule has 112 valence electrons. The van der Waals surface area contributed by atoms with Gasteiger partial charge in [0.15, 0.2) is 6.61 Å². The number of nitrogens with one attached hydrogen (secondary N) is 1. The molecule has 0 saturated heterocycles. The van der Waals surface area contributed by atoms with E-state index in [0.717, 1.165) is 5.56 Å². The smallest absolute Gasteiger partial charge is 0.422 e. The Morgan fingerprint density at radius 3 is 2.57 bits per heavy atom. The number of aromatic nitrogens is 3. The Morgan fingerprint density at radius 2 is 2.00 bits per heavy atom. The van der Waals surface area contributed by atoms with E-state index in [0.29, 0.717) is 12.2 Å². The standard InChI is InChI=1S/C12H11F3N4O2/c13-12(14,15)6-21-11(20)18-10-3-1-9(2-4-10)5-19-8-16-7-17-19/h1-4,7-8H,5-6H2,(H,18,20). The highest BCUT2D eigenvalue weighted by atomic mass is 19.4. The van der Waals surface area contributed by atoms with Crippen LogP contribution < -0.4 is 5.32 Å². The van der Waals surface area contributed by atoms with E-state index in [4.69, 9.17) is 0 Å². The van der Waals surface area contributed by atoms with Crippen LogP contribution in [0.15, 0.2) is 36.9 Å². The third-order valence-corrected chi connectivity index (χ3v) is 2.38. The molecule has 1 N–H and O–H groups in total. The van der Waals surface area contributed by atoms with E-state index in [1.54, 1.807) is 35.3 Å². The van der Waals surface area contributed by atoms with Gasteiger partial charge in [0, 0.05) is 5.69 Å². The molecule has 0 radical (unpaired) electrons. The lowest BCUT2D eigenvalue weighted by atomic mass is 10.2. The first kappa shape index (κ1) is 14.8. The summed E-state index contributed by atoms with van der Waals surface area (Å²) in [5.74, 6) is 0. The first-order valence-corrected chi connectivity index (χ1v) is 5.84. The summed E-state index contributed by atoms with van der Waals surface area (Å²) >= 11 is 0. The number of nitrogens with zero attached hydrogens (tertiary/aromatic N) is 3. The zero-order chi connectivity index (χ0) is 15.3. The van der Waals surface area contributed by atoms with Crippen LogP contribution in [0, 0.1) is 0 Å². The van der Waals surface area contributed by atoms with Gasteiger partial charge in [-0.15, -0.1) is 0 Å². The monoisotopic (exact) mass is 300 g/mol. The molecule has 9 heteroatoms. The van der Waals surface area contributed by atoms with Gasteiger partial charge in [-0.2, -0.15) is 18.3 Å². The Balaban J connectivity index is 1.86. The van der Waals surface area contributed by atoms with Gasteiger partial charge in [0.25, 0.3) is 0 Å². The average molecular weight is 300 g/mol. The van der Waals surface area contributed by atoms with Gasteiger partial charge in [0.1, 0.15) is 12.7 Å². The lowest BCUT2D eigenvalue weighted by Crippen LogP contribution is -2.23. The van der Waals surface area contributed by atoms with Crippen LogP contribution in [0.3, 0.4) is 0 Å². The molecule has 0 unspecified atom stereocenters. The molecule has 0 spiro atoms. The molecular weight excluding hydrogens is 289 g/mol. The second kappa shape index (κ2) is 6.25. The fourth-order valence-corrected chi connectivity index (χ4v) is 1.50. The largest absolute Gasteiger partial charge is 0.440 e. The van der Waals surface area contributed by atoms with Crippen LogP contribution in [0.5, 0.6) is 0 Å². The number of rotatable bonds is 4. The molecule has 1 aromatic heterocycles. The topological polar surface area (TPSA) is 69.0 Å². The van der Waals surface area contributed by atoms with Gasteiger partial charge < -0.3 is 4.74 Å². The van der Waals surface area contributed by atoms with Crippen molar-refractivity contribution < 1.29 is 22.7 Å². The van der Waals surface area contributed by atoms with Crippen molar-refractivity contribution in [2.75, 3.05) is 11.9 Å². The normalized spacial score (nSPS) is 11.2. The molecule has 1 aromatic carbocycles. The highest BCUT2D eigenvalue weighted by Crippen LogP contribution is 2.15. The van der Waals surface area contributed by atoms with Crippen LogP contribution in [0.4, 0.5) is 23.7 Å². The molecule has 0 aliphatic heterocycles. The summed E-state index contributed by atoms with van der Waals surface area (Å²) in [5.41, 5.74) is 1.24. The van der Waals surface area contributed by atoms with Crippen LogP contribution in [0.25, 0.3) is 0 Å². The summed E-state index contributed by atoms with van der Waals surface area (Å²) in [5, 5.41) is 6.14.